The average molecular weight is 297 g/mol. The number of hydrogen-bond donors (Lipinski definition) is 0. The van der Waals surface area contributed by atoms with Crippen molar-refractivity contribution in [2.45, 2.75) is 13.8 Å². The van der Waals surface area contributed by atoms with Crippen LogP contribution in [0.25, 0.3) is 0 Å². The van der Waals surface area contributed by atoms with Gasteiger partial charge in [-0.2, -0.15) is 0 Å². The lowest BCUT2D eigenvalue weighted by Crippen LogP contribution is -2.03. The summed E-state index contributed by atoms with van der Waals surface area (Å²) >= 11 is 4.74. The van der Waals surface area contributed by atoms with Gasteiger partial charge in [0.05, 0.1) is 13.2 Å². The molecule has 0 aromatic carbocycles. The van der Waals surface area contributed by atoms with Crippen LogP contribution in [0.4, 0.5) is 0 Å². The largest absolute Gasteiger partial charge is 0.491 e. The molecule has 0 amide bonds. The molecule has 0 aliphatic rings. The Bertz CT molecular complexity index is 327. The lowest BCUT2D eigenvalue weighted by Gasteiger charge is -2.01. The highest BCUT2D eigenvalue weighted by molar-refractivity contribution is 9.11. The van der Waals surface area contributed by atoms with Crippen LogP contribution in [0.5, 0.6) is 10.8 Å². The van der Waals surface area contributed by atoms with Gasteiger partial charge in [-0.05, 0) is 29.8 Å². The second-order valence-corrected chi connectivity index (χ2v) is 5.23. The van der Waals surface area contributed by atoms with Gasteiger partial charge in [-0.3, -0.25) is 4.57 Å². The summed E-state index contributed by atoms with van der Waals surface area (Å²) in [5, 5.41) is 1.24. The van der Waals surface area contributed by atoms with Gasteiger partial charge in [0.2, 0.25) is 8.46 Å². The molecule has 0 radical (unpaired) electrons. The normalized spacial score (nSPS) is 10.5. The Morgan fingerprint density at radius 1 is 1.36 bits per heavy atom. The van der Waals surface area contributed by atoms with E-state index in [0.717, 1.165) is 3.79 Å². The first-order valence-electron chi connectivity index (χ1n) is 4.15. The van der Waals surface area contributed by atoms with Gasteiger partial charge in [-0.25, -0.2) is 0 Å². The van der Waals surface area contributed by atoms with Crippen LogP contribution in [-0.2, 0) is 4.57 Å². The van der Waals surface area contributed by atoms with Gasteiger partial charge in [0.25, 0.3) is 0 Å². The molecule has 0 bridgehead atoms. The van der Waals surface area contributed by atoms with E-state index in [1.54, 1.807) is 0 Å². The number of hydrogen-bond acceptors (Lipinski definition) is 4. The smallest absolute Gasteiger partial charge is 0.201 e. The van der Waals surface area contributed by atoms with Crippen LogP contribution in [0.2, 0.25) is 0 Å². The number of ether oxygens (including phenoxy) is 2. The van der Waals surface area contributed by atoms with Crippen LogP contribution < -0.4 is 14.8 Å². The minimum atomic E-state index is -0.0741. The maximum atomic E-state index is 10.9. The minimum Gasteiger partial charge on any atom is -0.491 e. The van der Waals surface area contributed by atoms with Crippen molar-refractivity contribution in [3.63, 3.8) is 0 Å². The molecule has 1 aromatic rings. The fraction of sp³-hybridized carbons (Fsp3) is 0.500. The monoisotopic (exact) mass is 296 g/mol. The van der Waals surface area contributed by atoms with Crippen molar-refractivity contribution in [1.82, 2.24) is 0 Å². The van der Waals surface area contributed by atoms with Crippen molar-refractivity contribution in [1.29, 1.82) is 0 Å². The first-order valence-corrected chi connectivity index (χ1v) is 6.58. The molecule has 0 saturated carbocycles. The van der Waals surface area contributed by atoms with Gasteiger partial charge in [0, 0.05) is 0 Å². The zero-order valence-electron chi connectivity index (χ0n) is 7.87. The average Bonchev–Trinajstić information content (AvgIpc) is 2.44. The van der Waals surface area contributed by atoms with Gasteiger partial charge in [0.15, 0.2) is 10.8 Å². The van der Waals surface area contributed by atoms with E-state index in [0.29, 0.717) is 29.3 Å². The molecule has 0 atom stereocenters. The second-order valence-electron chi connectivity index (χ2n) is 2.30. The molecule has 78 valence electrons. The lowest BCUT2D eigenvalue weighted by molar-refractivity contribution is 0.336. The Kier molecular flexibility index (Phi) is 4.85. The molecule has 3 nitrogen and oxygen atoms in total. The lowest BCUT2D eigenvalue weighted by atomic mass is 10.5. The van der Waals surface area contributed by atoms with Crippen LogP contribution in [0.15, 0.2) is 3.79 Å². The summed E-state index contributed by atoms with van der Waals surface area (Å²) in [7, 11) is -0.0741. The SMILES string of the molecule is CCOc1sc(Br)c(OCC)c1P=O. The summed E-state index contributed by atoms with van der Waals surface area (Å²) in [5.74, 6) is 0.623. The molecule has 0 N–H and O–H groups in total. The zero-order valence-corrected chi connectivity index (χ0v) is 11.2. The number of halogens is 1. The van der Waals surface area contributed by atoms with Gasteiger partial charge in [-0.15, -0.1) is 0 Å². The fourth-order valence-electron chi connectivity index (χ4n) is 0.939. The first kappa shape index (κ1) is 12.0. The molecular weight excluding hydrogens is 287 g/mol. The van der Waals surface area contributed by atoms with E-state index in [1.807, 2.05) is 13.8 Å². The summed E-state index contributed by atoms with van der Waals surface area (Å²) in [4.78, 5) is 0. The van der Waals surface area contributed by atoms with Crippen molar-refractivity contribution in [2.75, 3.05) is 13.2 Å². The molecule has 1 aromatic heterocycles. The molecule has 1 heterocycles. The molecule has 0 fully saturated rings. The Morgan fingerprint density at radius 2 is 2.00 bits per heavy atom. The minimum absolute atomic E-state index is 0.0741. The van der Waals surface area contributed by atoms with E-state index in [2.05, 4.69) is 15.9 Å². The molecular formula is C8H10BrO3PS. The van der Waals surface area contributed by atoms with E-state index in [9.17, 15) is 4.57 Å². The van der Waals surface area contributed by atoms with Crippen molar-refractivity contribution >= 4 is 41.0 Å². The predicted molar refractivity (Wildman–Crippen MR) is 61.6 cm³/mol. The maximum absolute atomic E-state index is 10.9. The quantitative estimate of drug-likeness (QED) is 0.783. The Morgan fingerprint density at radius 3 is 2.50 bits per heavy atom. The molecule has 0 spiro atoms. The summed E-state index contributed by atoms with van der Waals surface area (Å²) < 4.78 is 22.5. The third-order valence-corrected chi connectivity index (χ3v) is 3.88. The van der Waals surface area contributed by atoms with Crippen LogP contribution >= 0.6 is 35.7 Å². The molecule has 0 unspecified atom stereocenters. The van der Waals surface area contributed by atoms with E-state index in [1.165, 1.54) is 11.3 Å². The Balaban J connectivity index is 3.07. The van der Waals surface area contributed by atoms with Crippen molar-refractivity contribution in [3.05, 3.63) is 3.79 Å². The molecule has 0 aliphatic carbocycles. The first-order chi connectivity index (χ1) is 6.74. The third-order valence-electron chi connectivity index (χ3n) is 1.42. The number of thiophene rings is 1. The van der Waals surface area contributed by atoms with E-state index in [-0.39, 0.29) is 8.46 Å². The van der Waals surface area contributed by atoms with Crippen LogP contribution in [0.3, 0.4) is 0 Å². The summed E-state index contributed by atoms with van der Waals surface area (Å²) in [6.45, 7) is 4.87. The van der Waals surface area contributed by atoms with Crippen molar-refractivity contribution < 1.29 is 14.0 Å². The van der Waals surface area contributed by atoms with Gasteiger partial charge < -0.3 is 9.47 Å². The topological polar surface area (TPSA) is 35.5 Å². The standard InChI is InChI=1S/C8H10BrO3PS/c1-3-11-5-6(13-10)8(12-4-2)14-7(5)9/h3-4H2,1-2H3. The summed E-state index contributed by atoms with van der Waals surface area (Å²) in [5.41, 5.74) is 0. The van der Waals surface area contributed by atoms with Crippen LogP contribution in [0.1, 0.15) is 13.8 Å². The molecule has 0 saturated heterocycles. The highest BCUT2D eigenvalue weighted by Crippen LogP contribution is 2.39. The van der Waals surface area contributed by atoms with Gasteiger partial charge >= 0.3 is 0 Å². The van der Waals surface area contributed by atoms with Crippen molar-refractivity contribution in [3.8, 4) is 10.8 Å². The second kappa shape index (κ2) is 5.69. The highest BCUT2D eigenvalue weighted by Gasteiger charge is 2.19. The highest BCUT2D eigenvalue weighted by atomic mass is 79.9. The number of rotatable bonds is 5. The van der Waals surface area contributed by atoms with Crippen LogP contribution in [-0.4, -0.2) is 13.2 Å². The molecule has 0 aliphatic heterocycles. The molecule has 1 rings (SSSR count). The molecule has 14 heavy (non-hydrogen) atoms. The zero-order chi connectivity index (χ0) is 10.6. The predicted octanol–water partition coefficient (Wildman–Crippen LogP) is 3.23. The van der Waals surface area contributed by atoms with Gasteiger partial charge in [-0.1, -0.05) is 11.3 Å². The summed E-state index contributed by atoms with van der Waals surface area (Å²) in [6, 6.07) is 0. The molecule has 6 heteroatoms. The Labute approximate surface area is 96.7 Å². The van der Waals surface area contributed by atoms with Gasteiger partial charge in [0.1, 0.15) is 9.09 Å². The van der Waals surface area contributed by atoms with Crippen LogP contribution in [0, 0.1) is 0 Å². The fourth-order valence-corrected chi connectivity index (χ4v) is 3.35. The maximum Gasteiger partial charge on any atom is 0.201 e. The van der Waals surface area contributed by atoms with E-state index < -0.39 is 0 Å². The third kappa shape index (κ3) is 2.47. The van der Waals surface area contributed by atoms with E-state index in [4.69, 9.17) is 9.47 Å². The Hall–Kier alpha value is -0.120. The van der Waals surface area contributed by atoms with E-state index >= 15 is 0 Å². The summed E-state index contributed by atoms with van der Waals surface area (Å²) in [6.07, 6.45) is 0. The van der Waals surface area contributed by atoms with Crippen molar-refractivity contribution in [2.24, 2.45) is 0 Å².